The Morgan fingerprint density at radius 2 is 1.45 bits per heavy atom. The van der Waals surface area contributed by atoms with Gasteiger partial charge >= 0.3 is 5.97 Å². The molecule has 0 amide bonds. The zero-order valence-electron chi connectivity index (χ0n) is 36.1. The molecule has 0 spiro atoms. The Labute approximate surface area is 344 Å². The summed E-state index contributed by atoms with van der Waals surface area (Å²) in [5.74, 6) is 0.0156. The number of hydrogen-bond donors (Lipinski definition) is 8. The molecule has 0 aromatic carbocycles. The van der Waals surface area contributed by atoms with Crippen molar-refractivity contribution in [1.82, 2.24) is 0 Å². The number of aliphatic hydroxyl groups excluding tert-OH is 7. The van der Waals surface area contributed by atoms with E-state index in [1.165, 1.54) is 12.5 Å². The molecule has 20 atom stereocenters. The van der Waals surface area contributed by atoms with Crippen LogP contribution < -0.4 is 0 Å². The highest BCUT2D eigenvalue weighted by Crippen LogP contribution is 2.75. The highest BCUT2D eigenvalue weighted by Gasteiger charge is 2.71. The van der Waals surface area contributed by atoms with Crippen LogP contribution in [0.15, 0.2) is 11.6 Å². The van der Waals surface area contributed by atoms with Crippen LogP contribution in [0.3, 0.4) is 0 Å². The molecule has 2 heterocycles. The fourth-order valence-corrected chi connectivity index (χ4v) is 13.3. The van der Waals surface area contributed by atoms with Crippen molar-refractivity contribution in [2.75, 3.05) is 13.2 Å². The van der Waals surface area contributed by atoms with Crippen molar-refractivity contribution < 1.29 is 69.3 Å². The predicted octanol–water partition coefficient (Wildman–Crippen LogP) is 2.72. The van der Waals surface area contributed by atoms with E-state index in [1.54, 1.807) is 0 Å². The maximum atomic E-state index is 12.2. The smallest absolute Gasteiger partial charge is 0.302 e. The largest absolute Gasteiger partial charge is 0.463 e. The fraction of sp³-hybridized carbons (Fsp3) is 0.932. The molecular weight excluding hydrogens is 752 g/mol. The first-order valence-corrected chi connectivity index (χ1v) is 21.8. The summed E-state index contributed by atoms with van der Waals surface area (Å²) in [7, 11) is 0. The summed E-state index contributed by atoms with van der Waals surface area (Å²) in [6.07, 6.45) is -6.92. The molecule has 4 aliphatic carbocycles. The van der Waals surface area contributed by atoms with E-state index in [-0.39, 0.29) is 34.0 Å². The van der Waals surface area contributed by atoms with Crippen LogP contribution in [-0.4, -0.2) is 139 Å². The standard InChI is InChI=1S/C44H74O14/c1-22(2)11-10-15-43(8,53)25-12-16-41(6)24-13-18-44(9)40(4,5)30(14-17-42(44,7)26(24)19-27(47)31(25)41)57-39-37(35(51)32(48)28(20-45)55-39)58-38-36(52)34(50)33(49)29(56-38)21-54-23(3)46/h11,24-39,45,47-53H,10,12-21H2,1-9H3/t24?,25?,26?,27-,28+,29+,30?,31?,32+,33+,34-,35-,36+,37+,38-,39-,41+,42+,43-,44-/m0/s1. The number of fused-ring (bicyclic) bond motifs is 5. The highest BCUT2D eigenvalue weighted by molar-refractivity contribution is 5.65. The van der Waals surface area contributed by atoms with Crippen molar-refractivity contribution >= 4 is 5.97 Å². The van der Waals surface area contributed by atoms with Gasteiger partial charge in [0.15, 0.2) is 12.6 Å². The molecule has 6 rings (SSSR count). The minimum absolute atomic E-state index is 0.0192. The average molecular weight is 827 g/mol. The Morgan fingerprint density at radius 3 is 2.09 bits per heavy atom. The zero-order chi connectivity index (χ0) is 42.9. The Kier molecular flexibility index (Phi) is 13.4. The third-order valence-corrected chi connectivity index (χ3v) is 17.2. The number of hydrogen-bond acceptors (Lipinski definition) is 14. The Morgan fingerprint density at radius 1 is 0.793 bits per heavy atom. The normalized spacial score (nSPS) is 49.8. The van der Waals surface area contributed by atoms with Crippen molar-refractivity contribution in [3.05, 3.63) is 11.6 Å². The quantitative estimate of drug-likeness (QED) is 0.0853. The van der Waals surface area contributed by atoms with Gasteiger partial charge < -0.3 is 64.5 Å². The number of allylic oxidation sites excluding steroid dienone is 2. The molecule has 5 unspecified atom stereocenters. The number of ether oxygens (including phenoxy) is 5. The molecule has 8 N–H and O–H groups in total. The Bertz CT molecular complexity index is 1480. The third-order valence-electron chi connectivity index (χ3n) is 17.2. The molecule has 4 saturated carbocycles. The van der Waals surface area contributed by atoms with E-state index in [1.807, 2.05) is 6.92 Å². The number of rotatable bonds is 11. The molecule has 0 bridgehead atoms. The molecule has 6 fully saturated rings. The van der Waals surface area contributed by atoms with E-state index < -0.39 is 104 Å². The molecule has 2 saturated heterocycles. The summed E-state index contributed by atoms with van der Waals surface area (Å²) in [6.45, 7) is 17.7. The van der Waals surface area contributed by atoms with E-state index >= 15 is 0 Å². The SMILES string of the molecule is CC(=O)OC[C@H]1O[C@@H](O[C@H]2[C@H](OC3CC[C@]4(C)C5C[C@H](O)C6C([C@@](C)(O)CCC=C(C)C)CC[C@]6(C)C5CC[C@@]4(C)C3(C)C)O[C@H](CO)[C@@H](O)[C@@H]2O)[C@H](O)[C@@H](O)[C@@H]1O. The first-order valence-electron chi connectivity index (χ1n) is 21.8. The van der Waals surface area contributed by atoms with E-state index in [4.69, 9.17) is 23.7 Å². The first-order chi connectivity index (χ1) is 26.9. The van der Waals surface area contributed by atoms with E-state index in [9.17, 15) is 45.6 Å². The second kappa shape index (κ2) is 16.8. The van der Waals surface area contributed by atoms with E-state index in [2.05, 4.69) is 54.5 Å². The van der Waals surface area contributed by atoms with Gasteiger partial charge in [-0.15, -0.1) is 0 Å². The lowest BCUT2D eigenvalue weighted by atomic mass is 9.34. The number of carbonyl (C=O) groups is 1. The van der Waals surface area contributed by atoms with Crippen molar-refractivity contribution in [3.8, 4) is 0 Å². The summed E-state index contributed by atoms with van der Waals surface area (Å²) in [6, 6.07) is 0. The third kappa shape index (κ3) is 7.76. The van der Waals surface area contributed by atoms with Crippen molar-refractivity contribution in [3.63, 3.8) is 0 Å². The molecule has 0 aromatic rings. The first kappa shape index (κ1) is 46.2. The number of carbonyl (C=O) groups excluding carboxylic acids is 1. The van der Waals surface area contributed by atoms with E-state index in [0.717, 1.165) is 38.5 Å². The molecule has 14 heteroatoms. The summed E-state index contributed by atoms with van der Waals surface area (Å²) in [5.41, 5.74) is -0.713. The van der Waals surface area contributed by atoms with Crippen molar-refractivity contribution in [2.45, 2.75) is 199 Å². The monoisotopic (exact) mass is 827 g/mol. The summed E-state index contributed by atoms with van der Waals surface area (Å²) >= 11 is 0. The topological polar surface area (TPSA) is 225 Å². The van der Waals surface area contributed by atoms with Gasteiger partial charge in [0.05, 0.1) is 24.4 Å². The molecule has 58 heavy (non-hydrogen) atoms. The molecule has 2 aliphatic heterocycles. The minimum Gasteiger partial charge on any atom is -0.463 e. The minimum atomic E-state index is -1.79. The van der Waals surface area contributed by atoms with Gasteiger partial charge in [0.2, 0.25) is 0 Å². The maximum absolute atomic E-state index is 12.2. The van der Waals surface area contributed by atoms with Gasteiger partial charge in [-0.1, -0.05) is 46.3 Å². The maximum Gasteiger partial charge on any atom is 0.302 e. The lowest BCUT2D eigenvalue weighted by molar-refractivity contribution is -0.381. The number of esters is 1. The van der Waals surface area contributed by atoms with Crippen LogP contribution >= 0.6 is 0 Å². The molecule has 6 aliphatic rings. The van der Waals surface area contributed by atoms with Crippen molar-refractivity contribution in [2.24, 2.45) is 45.3 Å². The predicted molar refractivity (Wildman–Crippen MR) is 210 cm³/mol. The van der Waals surface area contributed by atoms with Crippen LogP contribution in [0.5, 0.6) is 0 Å². The van der Waals surface area contributed by atoms with Gasteiger partial charge in [-0.05, 0) is 124 Å². The second-order valence-corrected chi connectivity index (χ2v) is 20.7. The number of aliphatic hydroxyl groups is 8. The molecule has 0 aromatic heterocycles. The van der Waals surface area contributed by atoms with Crippen LogP contribution in [0.1, 0.15) is 120 Å². The Hall–Kier alpha value is -1.27. The summed E-state index contributed by atoms with van der Waals surface area (Å²) < 4.78 is 29.7. The van der Waals surface area contributed by atoms with Crippen LogP contribution in [0.2, 0.25) is 0 Å². The second-order valence-electron chi connectivity index (χ2n) is 20.7. The summed E-state index contributed by atoms with van der Waals surface area (Å²) in [5, 5.41) is 88.6. The van der Waals surface area contributed by atoms with Crippen LogP contribution in [0, 0.1) is 45.3 Å². The van der Waals surface area contributed by atoms with Gasteiger partial charge in [0.1, 0.15) is 55.4 Å². The van der Waals surface area contributed by atoms with Crippen molar-refractivity contribution in [1.29, 1.82) is 0 Å². The fourth-order valence-electron chi connectivity index (χ4n) is 13.3. The van der Waals surface area contributed by atoms with E-state index in [0.29, 0.717) is 25.2 Å². The lowest BCUT2D eigenvalue weighted by Crippen LogP contribution is -2.68. The lowest BCUT2D eigenvalue weighted by Gasteiger charge is -2.71. The average Bonchev–Trinajstić information content (AvgIpc) is 3.53. The van der Waals surface area contributed by atoms with Gasteiger partial charge in [0, 0.05) is 6.92 Å². The molecule has 0 radical (unpaired) electrons. The van der Waals surface area contributed by atoms with Gasteiger partial charge in [0.25, 0.3) is 0 Å². The molecular formula is C44H74O14. The molecule has 334 valence electrons. The van der Waals surface area contributed by atoms with Gasteiger partial charge in [-0.2, -0.15) is 0 Å². The van der Waals surface area contributed by atoms with Gasteiger partial charge in [-0.3, -0.25) is 4.79 Å². The summed E-state index contributed by atoms with van der Waals surface area (Å²) in [4.78, 5) is 11.5. The Balaban J connectivity index is 1.22. The van der Waals surface area contributed by atoms with Crippen LogP contribution in [0.25, 0.3) is 0 Å². The zero-order valence-corrected chi connectivity index (χ0v) is 36.1. The highest BCUT2D eigenvalue weighted by atomic mass is 16.8. The van der Waals surface area contributed by atoms with Crippen LogP contribution in [0.4, 0.5) is 0 Å². The molecule has 14 nitrogen and oxygen atoms in total. The van der Waals surface area contributed by atoms with Crippen LogP contribution in [-0.2, 0) is 28.5 Å². The van der Waals surface area contributed by atoms with Gasteiger partial charge in [-0.25, -0.2) is 0 Å².